The van der Waals surface area contributed by atoms with E-state index in [1.165, 1.54) is 0 Å². The van der Waals surface area contributed by atoms with Crippen molar-refractivity contribution in [2.24, 2.45) is 0 Å². The summed E-state index contributed by atoms with van der Waals surface area (Å²) >= 11 is 2.19. The van der Waals surface area contributed by atoms with E-state index in [2.05, 4.69) is 27.9 Å². The number of halogens is 1. The zero-order valence-corrected chi connectivity index (χ0v) is 13.9. The molecule has 0 saturated heterocycles. The largest absolute Gasteiger partial charge is 0.492 e. The Hall–Kier alpha value is -1.76. The van der Waals surface area contributed by atoms with E-state index in [-0.39, 0.29) is 5.91 Å². The van der Waals surface area contributed by atoms with Crippen LogP contribution < -0.4 is 15.8 Å². The van der Waals surface area contributed by atoms with Gasteiger partial charge in [0.1, 0.15) is 12.4 Å². The van der Waals surface area contributed by atoms with Crippen LogP contribution in [0.15, 0.2) is 42.5 Å². The van der Waals surface area contributed by atoms with Crippen molar-refractivity contribution in [2.75, 3.05) is 18.9 Å². The van der Waals surface area contributed by atoms with E-state index in [1.807, 2.05) is 37.3 Å². The van der Waals surface area contributed by atoms with Gasteiger partial charge in [0.15, 0.2) is 0 Å². The number of aryl methyl sites for hydroxylation is 1. The molecule has 0 bridgehead atoms. The summed E-state index contributed by atoms with van der Waals surface area (Å²) in [6, 6.07) is 12.9. The number of anilines is 1. The molecule has 0 atom stereocenters. The van der Waals surface area contributed by atoms with Gasteiger partial charge in [-0.15, -0.1) is 0 Å². The number of hydrogen-bond acceptors (Lipinski definition) is 3. The van der Waals surface area contributed by atoms with E-state index in [4.69, 9.17) is 10.5 Å². The molecular formula is C16H17IN2O2. The Morgan fingerprint density at radius 2 is 2.05 bits per heavy atom. The van der Waals surface area contributed by atoms with Gasteiger partial charge in [-0.1, -0.05) is 18.2 Å². The summed E-state index contributed by atoms with van der Waals surface area (Å²) in [5.41, 5.74) is 8.12. The highest BCUT2D eigenvalue weighted by Crippen LogP contribution is 2.16. The van der Waals surface area contributed by atoms with Crippen molar-refractivity contribution in [3.05, 3.63) is 57.2 Å². The highest BCUT2D eigenvalue weighted by Gasteiger charge is 2.10. The predicted molar refractivity (Wildman–Crippen MR) is 92.6 cm³/mol. The Balaban J connectivity index is 1.83. The van der Waals surface area contributed by atoms with Gasteiger partial charge in [0, 0.05) is 15.3 Å². The number of carbonyl (C=O) groups excluding carboxylic acids is 1. The topological polar surface area (TPSA) is 64.3 Å². The van der Waals surface area contributed by atoms with E-state index in [0.29, 0.717) is 30.2 Å². The molecule has 3 N–H and O–H groups in total. The highest BCUT2D eigenvalue weighted by atomic mass is 127. The van der Waals surface area contributed by atoms with Gasteiger partial charge in [0.25, 0.3) is 5.91 Å². The van der Waals surface area contributed by atoms with Crippen molar-refractivity contribution in [1.82, 2.24) is 5.32 Å². The lowest BCUT2D eigenvalue weighted by molar-refractivity contribution is 0.0946. The van der Waals surface area contributed by atoms with Crippen LogP contribution in [0.5, 0.6) is 5.75 Å². The minimum atomic E-state index is -0.0840. The second-order valence-corrected chi connectivity index (χ2v) is 5.69. The third-order valence-corrected chi connectivity index (χ3v) is 4.38. The summed E-state index contributed by atoms with van der Waals surface area (Å²) in [5.74, 6) is 0.619. The number of benzene rings is 2. The summed E-state index contributed by atoms with van der Waals surface area (Å²) in [4.78, 5) is 12.1. The van der Waals surface area contributed by atoms with Crippen LogP contribution in [0.25, 0.3) is 0 Å². The standard InChI is InChI=1S/C16H17IN2O2/c1-11-4-2-7-14(15(11)17)16(20)19-8-9-21-13-6-3-5-12(18)10-13/h2-7,10H,8-9,18H2,1H3,(H,19,20). The van der Waals surface area contributed by atoms with Crippen LogP contribution in [0.1, 0.15) is 15.9 Å². The molecule has 0 radical (unpaired) electrons. The number of ether oxygens (including phenoxy) is 1. The second kappa shape index (κ2) is 7.31. The van der Waals surface area contributed by atoms with E-state index in [9.17, 15) is 4.79 Å². The average Bonchev–Trinajstić information content (AvgIpc) is 2.46. The van der Waals surface area contributed by atoms with Gasteiger partial charge in [-0.05, 0) is 53.3 Å². The maximum atomic E-state index is 12.1. The highest BCUT2D eigenvalue weighted by molar-refractivity contribution is 14.1. The van der Waals surface area contributed by atoms with E-state index >= 15 is 0 Å². The van der Waals surface area contributed by atoms with Crippen LogP contribution in [-0.4, -0.2) is 19.1 Å². The molecule has 4 nitrogen and oxygen atoms in total. The number of carbonyl (C=O) groups is 1. The number of nitrogens with one attached hydrogen (secondary N) is 1. The summed E-state index contributed by atoms with van der Waals surface area (Å²) in [7, 11) is 0. The van der Waals surface area contributed by atoms with Gasteiger partial charge in [-0.3, -0.25) is 4.79 Å². The Morgan fingerprint density at radius 3 is 2.81 bits per heavy atom. The summed E-state index contributed by atoms with van der Waals surface area (Å²) in [6.07, 6.45) is 0. The molecule has 0 spiro atoms. The second-order valence-electron chi connectivity index (χ2n) is 4.61. The molecule has 2 aromatic rings. The molecule has 2 rings (SSSR count). The molecule has 0 fully saturated rings. The molecule has 21 heavy (non-hydrogen) atoms. The molecule has 0 saturated carbocycles. The number of nitrogens with two attached hydrogens (primary N) is 1. The fraction of sp³-hybridized carbons (Fsp3) is 0.188. The minimum Gasteiger partial charge on any atom is -0.492 e. The molecule has 0 aromatic heterocycles. The normalized spacial score (nSPS) is 10.2. The zero-order valence-electron chi connectivity index (χ0n) is 11.7. The zero-order chi connectivity index (χ0) is 15.2. The van der Waals surface area contributed by atoms with Gasteiger partial charge >= 0.3 is 0 Å². The lowest BCUT2D eigenvalue weighted by atomic mass is 10.1. The lowest BCUT2D eigenvalue weighted by Gasteiger charge is -2.10. The Bertz CT molecular complexity index is 644. The Morgan fingerprint density at radius 1 is 1.29 bits per heavy atom. The van der Waals surface area contributed by atoms with Crippen LogP contribution in [0.3, 0.4) is 0 Å². The molecule has 5 heteroatoms. The fourth-order valence-electron chi connectivity index (χ4n) is 1.86. The van der Waals surface area contributed by atoms with Crippen LogP contribution in [0.4, 0.5) is 5.69 Å². The van der Waals surface area contributed by atoms with Crippen LogP contribution in [0.2, 0.25) is 0 Å². The van der Waals surface area contributed by atoms with E-state index < -0.39 is 0 Å². The van der Waals surface area contributed by atoms with Gasteiger partial charge in [0.05, 0.1) is 12.1 Å². The first-order valence-electron chi connectivity index (χ1n) is 6.59. The van der Waals surface area contributed by atoms with Crippen molar-refractivity contribution in [3.63, 3.8) is 0 Å². The number of rotatable bonds is 5. The molecule has 0 aliphatic heterocycles. The van der Waals surface area contributed by atoms with Gasteiger partial charge < -0.3 is 15.8 Å². The fourth-order valence-corrected chi connectivity index (χ4v) is 2.46. The Kier molecular flexibility index (Phi) is 5.44. The molecule has 0 aliphatic carbocycles. The predicted octanol–water partition coefficient (Wildman–Crippen LogP) is 2.99. The van der Waals surface area contributed by atoms with E-state index in [1.54, 1.807) is 12.1 Å². The molecular weight excluding hydrogens is 379 g/mol. The van der Waals surface area contributed by atoms with E-state index in [0.717, 1.165) is 9.13 Å². The first-order valence-corrected chi connectivity index (χ1v) is 7.67. The van der Waals surface area contributed by atoms with Crippen LogP contribution in [-0.2, 0) is 0 Å². The number of hydrogen-bond donors (Lipinski definition) is 2. The average molecular weight is 396 g/mol. The number of nitrogen functional groups attached to an aromatic ring is 1. The minimum absolute atomic E-state index is 0.0840. The first-order chi connectivity index (χ1) is 10.1. The van der Waals surface area contributed by atoms with Crippen molar-refractivity contribution < 1.29 is 9.53 Å². The van der Waals surface area contributed by atoms with Crippen LogP contribution in [0, 0.1) is 10.5 Å². The maximum Gasteiger partial charge on any atom is 0.252 e. The summed E-state index contributed by atoms with van der Waals surface area (Å²) in [5, 5.41) is 2.85. The third kappa shape index (κ3) is 4.35. The smallest absolute Gasteiger partial charge is 0.252 e. The first kappa shape index (κ1) is 15.6. The lowest BCUT2D eigenvalue weighted by Crippen LogP contribution is -2.28. The molecule has 110 valence electrons. The van der Waals surface area contributed by atoms with Gasteiger partial charge in [-0.2, -0.15) is 0 Å². The SMILES string of the molecule is Cc1cccc(C(=O)NCCOc2cccc(N)c2)c1I. The molecule has 2 aromatic carbocycles. The van der Waals surface area contributed by atoms with Crippen molar-refractivity contribution >= 4 is 34.2 Å². The van der Waals surface area contributed by atoms with Crippen molar-refractivity contribution in [2.45, 2.75) is 6.92 Å². The van der Waals surface area contributed by atoms with Crippen molar-refractivity contribution in [3.8, 4) is 5.75 Å². The monoisotopic (exact) mass is 396 g/mol. The summed E-state index contributed by atoms with van der Waals surface area (Å²) < 4.78 is 6.51. The van der Waals surface area contributed by atoms with Gasteiger partial charge in [-0.25, -0.2) is 0 Å². The van der Waals surface area contributed by atoms with Crippen LogP contribution >= 0.6 is 22.6 Å². The maximum absolute atomic E-state index is 12.1. The van der Waals surface area contributed by atoms with Crippen molar-refractivity contribution in [1.29, 1.82) is 0 Å². The quantitative estimate of drug-likeness (QED) is 0.464. The molecule has 0 aliphatic rings. The molecule has 0 unspecified atom stereocenters. The Labute approximate surface area is 137 Å². The molecule has 1 amide bonds. The third-order valence-electron chi connectivity index (χ3n) is 2.95. The number of amides is 1. The molecule has 0 heterocycles. The van der Waals surface area contributed by atoms with Gasteiger partial charge in [0.2, 0.25) is 0 Å². The summed E-state index contributed by atoms with van der Waals surface area (Å²) in [6.45, 7) is 2.83.